The molecule has 0 aromatic carbocycles. The zero-order valence-corrected chi connectivity index (χ0v) is 18.5. The Bertz CT molecular complexity index is 600. The van der Waals surface area contributed by atoms with E-state index in [9.17, 15) is 0 Å². The van der Waals surface area contributed by atoms with Gasteiger partial charge in [-0.05, 0) is 51.6 Å². The van der Waals surface area contributed by atoms with Crippen LogP contribution < -0.4 is 10.6 Å². The molecule has 0 amide bonds. The van der Waals surface area contributed by atoms with E-state index in [1.54, 1.807) is 7.11 Å². The van der Waals surface area contributed by atoms with Gasteiger partial charge in [0.05, 0.1) is 0 Å². The van der Waals surface area contributed by atoms with Crippen LogP contribution in [0.5, 0.6) is 0 Å². The highest BCUT2D eigenvalue weighted by molar-refractivity contribution is 5.85. The standard InChI is InChI=1S/C20H33N5O.2ClH/c1-26-14-19-22-18(15-11-16(21)12-15)13-20(23-19)25-9-5-17(6-10-25)24-7-3-2-4-8-24;;/h13,15-17H,2-12,14,21H2,1H3;2*1H. The number of hydrogen-bond donors (Lipinski definition) is 1. The number of piperidine rings is 2. The summed E-state index contributed by atoms with van der Waals surface area (Å²) in [5.74, 6) is 2.38. The Balaban J connectivity index is 0.00000140. The van der Waals surface area contributed by atoms with Gasteiger partial charge in [-0.2, -0.15) is 0 Å². The first-order valence-electron chi connectivity index (χ1n) is 10.3. The minimum absolute atomic E-state index is 0. The van der Waals surface area contributed by atoms with E-state index in [2.05, 4.69) is 15.9 Å². The molecule has 1 aromatic rings. The molecule has 0 spiro atoms. The lowest BCUT2D eigenvalue weighted by Gasteiger charge is -2.41. The summed E-state index contributed by atoms with van der Waals surface area (Å²) in [6.45, 7) is 5.25. The molecule has 6 nitrogen and oxygen atoms in total. The van der Waals surface area contributed by atoms with Gasteiger partial charge >= 0.3 is 0 Å². The number of halogens is 2. The number of nitrogens with two attached hydrogens (primary N) is 1. The number of ether oxygens (including phenoxy) is 1. The van der Waals surface area contributed by atoms with Gasteiger partial charge in [0.2, 0.25) is 0 Å². The van der Waals surface area contributed by atoms with Crippen molar-refractivity contribution < 1.29 is 4.74 Å². The Hall–Kier alpha value is -0.660. The van der Waals surface area contributed by atoms with Gasteiger partial charge in [-0.1, -0.05) is 6.42 Å². The second kappa shape index (κ2) is 10.9. The smallest absolute Gasteiger partial charge is 0.156 e. The van der Waals surface area contributed by atoms with Crippen LogP contribution in [0.3, 0.4) is 0 Å². The highest BCUT2D eigenvalue weighted by Crippen LogP contribution is 2.36. The van der Waals surface area contributed by atoms with E-state index < -0.39 is 0 Å². The predicted octanol–water partition coefficient (Wildman–Crippen LogP) is 3.13. The van der Waals surface area contributed by atoms with Crippen LogP contribution in [0, 0.1) is 0 Å². The summed E-state index contributed by atoms with van der Waals surface area (Å²) in [4.78, 5) is 14.7. The fourth-order valence-corrected chi connectivity index (χ4v) is 4.71. The minimum atomic E-state index is 0. The lowest BCUT2D eigenvalue weighted by molar-refractivity contribution is 0.141. The number of anilines is 1. The fraction of sp³-hybridized carbons (Fsp3) is 0.800. The summed E-state index contributed by atoms with van der Waals surface area (Å²) < 4.78 is 5.30. The lowest BCUT2D eigenvalue weighted by atomic mass is 9.78. The first-order valence-corrected chi connectivity index (χ1v) is 10.3. The largest absolute Gasteiger partial charge is 0.377 e. The highest BCUT2D eigenvalue weighted by atomic mass is 35.5. The molecule has 3 aliphatic rings. The monoisotopic (exact) mass is 431 g/mol. The molecule has 1 saturated carbocycles. The summed E-state index contributed by atoms with van der Waals surface area (Å²) in [7, 11) is 1.71. The van der Waals surface area contributed by atoms with Gasteiger partial charge in [0.25, 0.3) is 0 Å². The van der Waals surface area contributed by atoms with Crippen molar-refractivity contribution in [1.82, 2.24) is 14.9 Å². The third-order valence-corrected chi connectivity index (χ3v) is 6.34. The van der Waals surface area contributed by atoms with Crippen LogP contribution in [0.1, 0.15) is 62.4 Å². The van der Waals surface area contributed by atoms with E-state index in [-0.39, 0.29) is 24.8 Å². The van der Waals surface area contributed by atoms with E-state index in [1.165, 1.54) is 45.2 Å². The second-order valence-electron chi connectivity index (χ2n) is 8.24. The first kappa shape index (κ1) is 23.6. The molecule has 2 saturated heterocycles. The zero-order chi connectivity index (χ0) is 17.9. The van der Waals surface area contributed by atoms with Gasteiger partial charge < -0.3 is 20.3 Å². The maximum Gasteiger partial charge on any atom is 0.156 e. The summed E-state index contributed by atoms with van der Waals surface area (Å²) in [6, 6.07) is 3.30. The van der Waals surface area contributed by atoms with Crippen LogP contribution >= 0.6 is 24.8 Å². The van der Waals surface area contributed by atoms with Gasteiger partial charge in [-0.15, -0.1) is 24.8 Å². The quantitative estimate of drug-likeness (QED) is 0.771. The zero-order valence-electron chi connectivity index (χ0n) is 16.9. The molecule has 0 bridgehead atoms. The number of aromatic nitrogens is 2. The van der Waals surface area contributed by atoms with Crippen LogP contribution in [0.4, 0.5) is 5.82 Å². The van der Waals surface area contributed by atoms with Crippen molar-refractivity contribution in [3.8, 4) is 0 Å². The van der Waals surface area contributed by atoms with E-state index in [0.717, 1.165) is 49.3 Å². The first-order chi connectivity index (χ1) is 12.7. The molecule has 0 unspecified atom stereocenters. The van der Waals surface area contributed by atoms with E-state index >= 15 is 0 Å². The summed E-state index contributed by atoms with van der Waals surface area (Å²) in [5, 5.41) is 0. The van der Waals surface area contributed by atoms with Crippen molar-refractivity contribution in [2.24, 2.45) is 5.73 Å². The molecular weight excluding hydrogens is 397 g/mol. The average Bonchev–Trinajstić information content (AvgIpc) is 2.66. The maximum atomic E-state index is 5.99. The van der Waals surface area contributed by atoms with E-state index in [1.807, 2.05) is 0 Å². The average molecular weight is 432 g/mol. The molecule has 8 heteroatoms. The third kappa shape index (κ3) is 5.48. The normalized spacial score (nSPS) is 26.1. The van der Waals surface area contributed by atoms with Crippen molar-refractivity contribution in [2.75, 3.05) is 38.2 Å². The van der Waals surface area contributed by atoms with Crippen LogP contribution in [0.15, 0.2) is 6.07 Å². The molecule has 2 N–H and O–H groups in total. The summed E-state index contributed by atoms with van der Waals surface area (Å²) >= 11 is 0. The van der Waals surface area contributed by atoms with Gasteiger partial charge in [0.1, 0.15) is 12.4 Å². The number of likely N-dealkylation sites (tertiary alicyclic amines) is 1. The Kier molecular flexibility index (Phi) is 9.22. The Morgan fingerprint density at radius 1 is 1.04 bits per heavy atom. The molecule has 3 heterocycles. The molecule has 4 rings (SSSR count). The molecule has 1 aliphatic carbocycles. The molecular formula is C20H35Cl2N5O. The summed E-state index contributed by atoms with van der Waals surface area (Å²) in [6.07, 6.45) is 8.73. The minimum Gasteiger partial charge on any atom is -0.377 e. The number of methoxy groups -OCH3 is 1. The van der Waals surface area contributed by atoms with Gasteiger partial charge in [0, 0.05) is 50.0 Å². The highest BCUT2D eigenvalue weighted by Gasteiger charge is 2.31. The number of rotatable bonds is 5. The van der Waals surface area contributed by atoms with Crippen LogP contribution in [0.2, 0.25) is 0 Å². The molecule has 3 fully saturated rings. The van der Waals surface area contributed by atoms with Crippen LogP contribution in [-0.2, 0) is 11.3 Å². The molecule has 2 aliphatic heterocycles. The van der Waals surface area contributed by atoms with Crippen LogP contribution in [-0.4, -0.2) is 60.2 Å². The van der Waals surface area contributed by atoms with E-state index in [4.69, 9.17) is 20.4 Å². The van der Waals surface area contributed by atoms with Crippen LogP contribution in [0.25, 0.3) is 0 Å². The van der Waals surface area contributed by atoms with Gasteiger partial charge in [-0.25, -0.2) is 9.97 Å². The topological polar surface area (TPSA) is 67.5 Å². The number of nitrogens with zero attached hydrogens (tertiary/aromatic N) is 4. The van der Waals surface area contributed by atoms with Crippen molar-refractivity contribution in [3.63, 3.8) is 0 Å². The Morgan fingerprint density at radius 3 is 2.32 bits per heavy atom. The SMILES string of the molecule is COCc1nc(C2CC(N)C2)cc(N2CCC(N3CCCCC3)CC2)n1.Cl.Cl. The fourth-order valence-electron chi connectivity index (χ4n) is 4.71. The molecule has 0 atom stereocenters. The Morgan fingerprint density at radius 2 is 1.71 bits per heavy atom. The van der Waals surface area contributed by atoms with Crippen molar-refractivity contribution >= 4 is 30.6 Å². The predicted molar refractivity (Wildman–Crippen MR) is 118 cm³/mol. The molecule has 0 radical (unpaired) electrons. The second-order valence-corrected chi connectivity index (χ2v) is 8.24. The van der Waals surface area contributed by atoms with Crippen molar-refractivity contribution in [1.29, 1.82) is 0 Å². The summed E-state index contributed by atoms with van der Waals surface area (Å²) in [5.41, 5.74) is 7.14. The van der Waals surface area contributed by atoms with Gasteiger partial charge in [0.15, 0.2) is 5.82 Å². The molecule has 160 valence electrons. The van der Waals surface area contributed by atoms with Gasteiger partial charge in [-0.3, -0.25) is 0 Å². The maximum absolute atomic E-state index is 5.99. The third-order valence-electron chi connectivity index (χ3n) is 6.34. The number of hydrogen-bond acceptors (Lipinski definition) is 6. The van der Waals surface area contributed by atoms with E-state index in [0.29, 0.717) is 18.6 Å². The van der Waals surface area contributed by atoms with Crippen molar-refractivity contribution in [3.05, 3.63) is 17.6 Å². The van der Waals surface area contributed by atoms with Crippen molar-refractivity contribution in [2.45, 2.75) is 69.6 Å². The molecule has 1 aromatic heterocycles. The Labute approximate surface area is 181 Å². The molecule has 28 heavy (non-hydrogen) atoms. The lowest BCUT2D eigenvalue weighted by Crippen LogP contribution is -2.47.